The molecule has 118 valence electrons. The van der Waals surface area contributed by atoms with Crippen LogP contribution in [0.5, 0.6) is 0 Å². The molecule has 0 fully saturated rings. The van der Waals surface area contributed by atoms with Gasteiger partial charge in [0.2, 0.25) is 0 Å². The molecule has 0 saturated heterocycles. The second-order valence-corrected chi connectivity index (χ2v) is 4.87. The van der Waals surface area contributed by atoms with E-state index in [2.05, 4.69) is 17.2 Å². The van der Waals surface area contributed by atoms with Gasteiger partial charge < -0.3 is 10.2 Å². The van der Waals surface area contributed by atoms with Crippen LogP contribution in [0, 0.1) is 0 Å². The van der Waals surface area contributed by atoms with Crippen LogP contribution in [-0.2, 0) is 0 Å². The average molecular weight is 314 g/mol. The van der Waals surface area contributed by atoms with Gasteiger partial charge in [-0.05, 0) is 23.9 Å². The monoisotopic (exact) mass is 314 g/mol. The third-order valence-electron chi connectivity index (χ3n) is 3.15. The number of hydrogen-bond donors (Lipinski definition) is 4. The third kappa shape index (κ3) is 3.29. The number of nitrogens with one attached hydrogen (secondary N) is 2. The molecule has 0 aliphatic rings. The number of fused-ring (bicyclic) bond motifs is 1. The van der Waals surface area contributed by atoms with Crippen molar-refractivity contribution in [3.05, 3.63) is 48.0 Å². The Morgan fingerprint density at radius 3 is 2.13 bits per heavy atom. The van der Waals surface area contributed by atoms with Crippen molar-refractivity contribution in [1.29, 1.82) is 0 Å². The SMILES string of the molecule is C=C(C)C(=O)c1cc2ccccc2c(NC(=O)O)c1NC(=O)O. The molecule has 7 heteroatoms. The predicted molar refractivity (Wildman–Crippen MR) is 86.4 cm³/mol. The zero-order valence-corrected chi connectivity index (χ0v) is 12.2. The van der Waals surface area contributed by atoms with Crippen molar-refractivity contribution in [2.24, 2.45) is 0 Å². The lowest BCUT2D eigenvalue weighted by Gasteiger charge is -2.16. The largest absolute Gasteiger partial charge is 0.465 e. The van der Waals surface area contributed by atoms with E-state index < -0.39 is 18.0 Å². The molecule has 2 aromatic rings. The second-order valence-electron chi connectivity index (χ2n) is 4.87. The zero-order chi connectivity index (χ0) is 17.1. The normalized spacial score (nSPS) is 10.1. The minimum atomic E-state index is -1.41. The summed E-state index contributed by atoms with van der Waals surface area (Å²) in [5.74, 6) is -0.479. The number of anilines is 2. The highest BCUT2D eigenvalue weighted by Crippen LogP contribution is 2.36. The van der Waals surface area contributed by atoms with Crippen molar-refractivity contribution in [2.75, 3.05) is 10.6 Å². The molecule has 7 nitrogen and oxygen atoms in total. The minimum Gasteiger partial charge on any atom is -0.465 e. The number of hydrogen-bond acceptors (Lipinski definition) is 3. The van der Waals surface area contributed by atoms with Crippen LogP contribution in [0.3, 0.4) is 0 Å². The molecule has 0 radical (unpaired) electrons. The number of carbonyl (C=O) groups excluding carboxylic acids is 1. The molecular weight excluding hydrogens is 300 g/mol. The number of Topliss-reactive ketones (excluding diaryl/α,β-unsaturated/α-hetero) is 1. The molecule has 0 bridgehead atoms. The summed E-state index contributed by atoms with van der Waals surface area (Å²) < 4.78 is 0. The van der Waals surface area contributed by atoms with Gasteiger partial charge in [0.15, 0.2) is 5.78 Å². The molecule has 0 unspecified atom stereocenters. The summed E-state index contributed by atoms with van der Waals surface area (Å²) in [6.45, 7) is 5.05. The molecule has 2 aromatic carbocycles. The Hall–Kier alpha value is -3.35. The Balaban J connectivity index is 2.86. The van der Waals surface area contributed by atoms with E-state index in [-0.39, 0.29) is 22.5 Å². The van der Waals surface area contributed by atoms with E-state index in [1.165, 1.54) is 13.0 Å². The van der Waals surface area contributed by atoms with Crippen LogP contribution < -0.4 is 10.6 Å². The van der Waals surface area contributed by atoms with Crippen LogP contribution in [0.4, 0.5) is 21.0 Å². The summed E-state index contributed by atoms with van der Waals surface area (Å²) in [5, 5.41) is 23.4. The smallest absolute Gasteiger partial charge is 0.409 e. The van der Waals surface area contributed by atoms with Crippen LogP contribution >= 0.6 is 0 Å². The summed E-state index contributed by atoms with van der Waals surface area (Å²) >= 11 is 0. The molecular formula is C16H14N2O5. The van der Waals surface area contributed by atoms with Crippen molar-refractivity contribution < 1.29 is 24.6 Å². The van der Waals surface area contributed by atoms with Gasteiger partial charge in [0.25, 0.3) is 0 Å². The third-order valence-corrected chi connectivity index (χ3v) is 3.15. The summed E-state index contributed by atoms with van der Waals surface area (Å²) in [6, 6.07) is 8.24. The topological polar surface area (TPSA) is 116 Å². The number of carbonyl (C=O) groups is 3. The molecule has 0 aliphatic heterocycles. The maximum Gasteiger partial charge on any atom is 0.409 e. The van der Waals surface area contributed by atoms with Crippen LogP contribution in [0.15, 0.2) is 42.5 Å². The van der Waals surface area contributed by atoms with Crippen molar-refractivity contribution in [3.8, 4) is 0 Å². The van der Waals surface area contributed by atoms with Crippen LogP contribution in [0.1, 0.15) is 17.3 Å². The van der Waals surface area contributed by atoms with Gasteiger partial charge in [-0.15, -0.1) is 0 Å². The van der Waals surface area contributed by atoms with Crippen molar-refractivity contribution in [2.45, 2.75) is 6.92 Å². The van der Waals surface area contributed by atoms with E-state index in [0.29, 0.717) is 10.8 Å². The number of allylic oxidation sites excluding steroid dienone is 1. The fraction of sp³-hybridized carbons (Fsp3) is 0.0625. The number of rotatable bonds is 4. The number of benzene rings is 2. The molecule has 0 aromatic heterocycles. The van der Waals surface area contributed by atoms with Crippen LogP contribution in [0.25, 0.3) is 10.8 Å². The number of amides is 2. The quantitative estimate of drug-likeness (QED) is 0.506. The first-order valence-corrected chi connectivity index (χ1v) is 6.57. The molecule has 0 saturated carbocycles. The van der Waals surface area contributed by atoms with Gasteiger partial charge >= 0.3 is 12.2 Å². The van der Waals surface area contributed by atoms with E-state index >= 15 is 0 Å². The fourth-order valence-corrected chi connectivity index (χ4v) is 2.23. The van der Waals surface area contributed by atoms with Gasteiger partial charge in [-0.3, -0.25) is 15.4 Å². The highest BCUT2D eigenvalue weighted by molar-refractivity contribution is 6.20. The summed E-state index contributed by atoms with van der Waals surface area (Å²) in [6.07, 6.45) is -2.78. The fourth-order valence-electron chi connectivity index (χ4n) is 2.23. The van der Waals surface area contributed by atoms with E-state index in [9.17, 15) is 14.4 Å². The number of ketones is 1. The van der Waals surface area contributed by atoms with E-state index in [4.69, 9.17) is 10.2 Å². The van der Waals surface area contributed by atoms with Crippen LogP contribution in [0.2, 0.25) is 0 Å². The van der Waals surface area contributed by atoms with Crippen LogP contribution in [-0.4, -0.2) is 28.2 Å². The first-order chi connectivity index (χ1) is 10.8. The Bertz CT molecular complexity index is 842. The first kappa shape index (κ1) is 16.0. The molecule has 23 heavy (non-hydrogen) atoms. The zero-order valence-electron chi connectivity index (χ0n) is 12.2. The maximum absolute atomic E-state index is 12.3. The Morgan fingerprint density at radius 2 is 1.57 bits per heavy atom. The summed E-state index contributed by atoms with van der Waals surface area (Å²) in [7, 11) is 0. The molecule has 4 N–H and O–H groups in total. The van der Waals surface area contributed by atoms with Crippen molar-refractivity contribution in [1.82, 2.24) is 0 Å². The van der Waals surface area contributed by atoms with Crippen molar-refractivity contribution in [3.63, 3.8) is 0 Å². The Kier molecular flexibility index (Phi) is 4.31. The maximum atomic E-state index is 12.3. The predicted octanol–water partition coefficient (Wildman–Crippen LogP) is 3.78. The van der Waals surface area contributed by atoms with Crippen molar-refractivity contribution >= 4 is 40.1 Å². The summed E-state index contributed by atoms with van der Waals surface area (Å²) in [4.78, 5) is 34.5. The number of carboxylic acid groups (broad SMARTS) is 2. The molecule has 2 amide bonds. The standard InChI is InChI=1S/C16H14N2O5/c1-8(2)14(19)11-7-9-5-3-4-6-10(9)12(17-15(20)21)13(11)18-16(22)23/h3-7,17-18H,1H2,2H3,(H,20,21)(H,22,23). The highest BCUT2D eigenvalue weighted by atomic mass is 16.4. The Labute approximate surface area is 131 Å². The average Bonchev–Trinajstić information content (AvgIpc) is 2.47. The molecule has 0 spiro atoms. The van der Waals surface area contributed by atoms with E-state index in [1.54, 1.807) is 24.3 Å². The minimum absolute atomic E-state index is 0.00241. The van der Waals surface area contributed by atoms with Gasteiger partial charge in [0.1, 0.15) is 0 Å². The first-order valence-electron chi connectivity index (χ1n) is 6.57. The van der Waals surface area contributed by atoms with E-state index in [1.807, 2.05) is 0 Å². The van der Waals surface area contributed by atoms with E-state index in [0.717, 1.165) is 0 Å². The van der Waals surface area contributed by atoms with Gasteiger partial charge in [0.05, 0.1) is 11.4 Å². The lowest BCUT2D eigenvalue weighted by Crippen LogP contribution is -2.17. The lowest BCUT2D eigenvalue weighted by atomic mass is 9.97. The highest BCUT2D eigenvalue weighted by Gasteiger charge is 2.21. The van der Waals surface area contributed by atoms with Gasteiger partial charge in [0, 0.05) is 10.9 Å². The lowest BCUT2D eigenvalue weighted by molar-refractivity contribution is 0.103. The second kappa shape index (κ2) is 6.18. The van der Waals surface area contributed by atoms with Gasteiger partial charge in [-0.1, -0.05) is 30.8 Å². The molecule has 0 heterocycles. The van der Waals surface area contributed by atoms with Gasteiger partial charge in [-0.25, -0.2) is 9.59 Å². The molecule has 0 aliphatic carbocycles. The molecule has 0 atom stereocenters. The van der Waals surface area contributed by atoms with Gasteiger partial charge in [-0.2, -0.15) is 0 Å². The summed E-state index contributed by atoms with van der Waals surface area (Å²) in [5.41, 5.74) is 0.117. The Morgan fingerprint density at radius 1 is 1.00 bits per heavy atom. The molecule has 2 rings (SSSR count).